The fourth-order valence-electron chi connectivity index (χ4n) is 4.00. The number of hydrogen-bond donors (Lipinski definition) is 2. The lowest BCUT2D eigenvalue weighted by Gasteiger charge is -2.07. The number of nitrogens with zero attached hydrogens (tertiary/aromatic N) is 5. The Balaban J connectivity index is 0.000000617. The number of imidazole rings is 1. The number of hydrogen-bond acceptors (Lipinski definition) is 5. The van der Waals surface area contributed by atoms with E-state index in [4.69, 9.17) is 0 Å². The number of aromatic nitrogens is 5. The standard InChI is InChI=1S/C19H20F5N7O2.C6H12/c1-11-14(8-28-30(11)10-15(20)21)18(33)26-7-13-9-31-16(29-13)4-12(6-27-31)5-25-17(32)2-3-19(22,23)24;1-2-4-6-5-3-1/h4,6,8-9,15H,2-3,5,7,10H2,1H3,(H,25,32)(H,26,33);1-6H2. The third kappa shape index (κ3) is 9.91. The van der Waals surface area contributed by atoms with Crippen LogP contribution < -0.4 is 10.6 Å². The van der Waals surface area contributed by atoms with Crippen LogP contribution in [0.15, 0.2) is 24.7 Å². The molecule has 1 saturated carbocycles. The van der Waals surface area contributed by atoms with Crippen LogP contribution in [0.3, 0.4) is 0 Å². The molecule has 0 aromatic carbocycles. The van der Waals surface area contributed by atoms with Crippen LogP contribution in [-0.2, 0) is 24.4 Å². The van der Waals surface area contributed by atoms with Gasteiger partial charge in [-0.15, -0.1) is 0 Å². The molecule has 3 aromatic rings. The number of fused-ring (bicyclic) bond motifs is 1. The van der Waals surface area contributed by atoms with E-state index in [1.165, 1.54) is 62.4 Å². The molecule has 0 aliphatic heterocycles. The minimum Gasteiger partial charge on any atom is -0.352 e. The molecule has 0 bridgehead atoms. The van der Waals surface area contributed by atoms with Gasteiger partial charge in [0.2, 0.25) is 5.91 Å². The minimum atomic E-state index is -4.40. The summed E-state index contributed by atoms with van der Waals surface area (Å²) in [6, 6.07) is 1.60. The lowest BCUT2D eigenvalue weighted by atomic mass is 10.0. The number of halogens is 5. The van der Waals surface area contributed by atoms with Gasteiger partial charge >= 0.3 is 6.18 Å². The highest BCUT2D eigenvalue weighted by Gasteiger charge is 2.27. The lowest BCUT2D eigenvalue weighted by Crippen LogP contribution is -2.24. The predicted octanol–water partition coefficient (Wildman–Crippen LogP) is 4.73. The van der Waals surface area contributed by atoms with Crippen molar-refractivity contribution in [3.05, 3.63) is 47.2 Å². The second kappa shape index (κ2) is 14.0. The van der Waals surface area contributed by atoms with Gasteiger partial charge in [-0.2, -0.15) is 23.4 Å². The summed E-state index contributed by atoms with van der Waals surface area (Å²) < 4.78 is 64.1. The summed E-state index contributed by atoms with van der Waals surface area (Å²) in [4.78, 5) is 28.2. The Morgan fingerprint density at radius 3 is 2.28 bits per heavy atom. The summed E-state index contributed by atoms with van der Waals surface area (Å²) in [6.07, 6.45) is 4.36. The molecule has 1 aliphatic carbocycles. The van der Waals surface area contributed by atoms with Gasteiger partial charge in [-0.05, 0) is 18.6 Å². The van der Waals surface area contributed by atoms with Crippen LogP contribution in [0.25, 0.3) is 5.65 Å². The van der Waals surface area contributed by atoms with Gasteiger partial charge in [0.25, 0.3) is 12.3 Å². The Labute approximate surface area is 222 Å². The van der Waals surface area contributed by atoms with Crippen LogP contribution in [0.5, 0.6) is 0 Å². The smallest absolute Gasteiger partial charge is 0.352 e. The SMILES string of the molecule is C1CCCCC1.Cc1c(C(=O)NCc2cn3ncc(CNC(=O)CCC(F)(F)F)cc3n2)cnn1CC(F)F. The normalized spacial score (nSPS) is 13.7. The predicted molar refractivity (Wildman–Crippen MR) is 132 cm³/mol. The third-order valence-electron chi connectivity index (χ3n) is 6.14. The van der Waals surface area contributed by atoms with Crippen molar-refractivity contribution in [2.75, 3.05) is 0 Å². The fourth-order valence-corrected chi connectivity index (χ4v) is 4.00. The minimum absolute atomic E-state index is 0.0129. The molecule has 1 aliphatic rings. The first-order valence-electron chi connectivity index (χ1n) is 12.8. The van der Waals surface area contributed by atoms with Crippen LogP contribution in [0.2, 0.25) is 0 Å². The van der Waals surface area contributed by atoms with Gasteiger partial charge in [0.1, 0.15) is 6.54 Å². The zero-order valence-corrected chi connectivity index (χ0v) is 21.6. The maximum atomic E-state index is 12.5. The van der Waals surface area contributed by atoms with Gasteiger partial charge in [-0.3, -0.25) is 14.3 Å². The number of alkyl halides is 5. The number of carbonyl (C=O) groups is 2. The molecule has 0 unspecified atom stereocenters. The molecular weight excluding hydrogens is 525 g/mol. The van der Waals surface area contributed by atoms with Gasteiger partial charge in [0, 0.05) is 18.7 Å². The lowest BCUT2D eigenvalue weighted by molar-refractivity contribution is -0.144. The molecule has 9 nitrogen and oxygen atoms in total. The Bertz CT molecular complexity index is 1220. The van der Waals surface area contributed by atoms with Gasteiger partial charge in [0.05, 0.1) is 42.8 Å². The first kappa shape index (κ1) is 30.0. The highest BCUT2D eigenvalue weighted by Crippen LogP contribution is 2.21. The van der Waals surface area contributed by atoms with Gasteiger partial charge in [-0.25, -0.2) is 18.3 Å². The number of rotatable bonds is 9. The van der Waals surface area contributed by atoms with Crippen molar-refractivity contribution in [2.45, 2.75) is 90.5 Å². The molecule has 14 heteroatoms. The van der Waals surface area contributed by atoms with Crippen LogP contribution >= 0.6 is 0 Å². The Morgan fingerprint density at radius 1 is 1.00 bits per heavy atom. The third-order valence-corrected chi connectivity index (χ3v) is 6.14. The zero-order chi connectivity index (χ0) is 28.4. The first-order chi connectivity index (χ1) is 18.5. The van der Waals surface area contributed by atoms with Crippen LogP contribution in [0, 0.1) is 6.92 Å². The largest absolute Gasteiger partial charge is 0.389 e. The second-order valence-electron chi connectivity index (χ2n) is 9.31. The van der Waals surface area contributed by atoms with Crippen LogP contribution in [-0.4, -0.2) is 48.8 Å². The molecular formula is C25H32F5N7O2. The molecule has 0 saturated heterocycles. The summed E-state index contributed by atoms with van der Waals surface area (Å²) in [6.45, 7) is 0.928. The van der Waals surface area contributed by atoms with Gasteiger partial charge < -0.3 is 10.6 Å². The number of carbonyl (C=O) groups excluding carboxylic acids is 2. The van der Waals surface area contributed by atoms with E-state index in [1.807, 2.05) is 0 Å². The topological polar surface area (TPSA) is 106 Å². The fraction of sp³-hybridized carbons (Fsp3) is 0.560. The summed E-state index contributed by atoms with van der Waals surface area (Å²) in [5.74, 6) is -1.23. The van der Waals surface area contributed by atoms with Crippen molar-refractivity contribution in [3.63, 3.8) is 0 Å². The monoisotopic (exact) mass is 557 g/mol. The van der Waals surface area contributed by atoms with Crippen molar-refractivity contribution >= 4 is 17.5 Å². The molecule has 2 N–H and O–H groups in total. The molecule has 3 heterocycles. The molecule has 1 fully saturated rings. The molecule has 0 radical (unpaired) electrons. The van der Waals surface area contributed by atoms with Crippen molar-refractivity contribution in [2.24, 2.45) is 0 Å². The molecule has 0 atom stereocenters. The highest BCUT2D eigenvalue weighted by atomic mass is 19.4. The van der Waals surface area contributed by atoms with Gasteiger partial charge in [-0.1, -0.05) is 38.5 Å². The quantitative estimate of drug-likeness (QED) is 0.370. The van der Waals surface area contributed by atoms with Crippen LogP contribution in [0.1, 0.15) is 78.7 Å². The van der Waals surface area contributed by atoms with Crippen molar-refractivity contribution in [3.8, 4) is 0 Å². The summed E-state index contributed by atoms with van der Waals surface area (Å²) >= 11 is 0. The summed E-state index contributed by atoms with van der Waals surface area (Å²) in [5.41, 5.74) is 1.88. The van der Waals surface area contributed by atoms with E-state index < -0.39 is 43.8 Å². The molecule has 2 amide bonds. The average Bonchev–Trinajstić information content (AvgIpc) is 3.48. The van der Waals surface area contributed by atoms with E-state index in [0.29, 0.717) is 22.6 Å². The molecule has 0 spiro atoms. The van der Waals surface area contributed by atoms with E-state index in [0.717, 1.165) is 4.68 Å². The molecule has 39 heavy (non-hydrogen) atoms. The second-order valence-corrected chi connectivity index (χ2v) is 9.31. The van der Waals surface area contributed by atoms with E-state index >= 15 is 0 Å². The van der Waals surface area contributed by atoms with E-state index in [2.05, 4.69) is 25.8 Å². The van der Waals surface area contributed by atoms with E-state index in [1.54, 1.807) is 12.3 Å². The van der Waals surface area contributed by atoms with Gasteiger partial charge in [0.15, 0.2) is 5.65 Å². The molecule has 214 valence electrons. The maximum absolute atomic E-state index is 12.5. The van der Waals surface area contributed by atoms with Crippen molar-refractivity contribution in [1.82, 2.24) is 35.0 Å². The average molecular weight is 558 g/mol. The van der Waals surface area contributed by atoms with Crippen LogP contribution in [0.4, 0.5) is 22.0 Å². The van der Waals surface area contributed by atoms with Crippen molar-refractivity contribution in [1.29, 1.82) is 0 Å². The zero-order valence-electron chi connectivity index (χ0n) is 21.6. The Morgan fingerprint density at radius 2 is 1.67 bits per heavy atom. The summed E-state index contributed by atoms with van der Waals surface area (Å²) in [7, 11) is 0. The highest BCUT2D eigenvalue weighted by molar-refractivity contribution is 5.94. The Kier molecular flexibility index (Phi) is 10.8. The number of nitrogens with one attached hydrogen (secondary N) is 2. The van der Waals surface area contributed by atoms with Crippen molar-refractivity contribution < 1.29 is 31.5 Å². The molecule has 4 rings (SSSR count). The Hall–Kier alpha value is -3.58. The molecule has 3 aromatic heterocycles. The maximum Gasteiger partial charge on any atom is 0.389 e. The van der Waals surface area contributed by atoms with E-state index in [-0.39, 0.29) is 18.7 Å². The van der Waals surface area contributed by atoms with E-state index in [9.17, 15) is 31.5 Å². The summed E-state index contributed by atoms with van der Waals surface area (Å²) in [5, 5.41) is 12.9. The first-order valence-corrected chi connectivity index (χ1v) is 12.8. The number of amides is 2.